The van der Waals surface area contributed by atoms with Crippen molar-refractivity contribution in [2.45, 2.75) is 24.2 Å². The summed E-state index contributed by atoms with van der Waals surface area (Å²) in [6.07, 6.45) is 10.5. The van der Waals surface area contributed by atoms with E-state index in [1.807, 2.05) is 0 Å². The van der Waals surface area contributed by atoms with Crippen LogP contribution in [0.4, 0.5) is 0 Å². The molecule has 0 bridgehead atoms. The van der Waals surface area contributed by atoms with Crippen molar-refractivity contribution in [1.29, 1.82) is 0 Å². The Hall–Kier alpha value is -13.6. The molecule has 105 heavy (non-hydrogen) atoms. The standard InChI is InChI=1S/C97H56O8/c1-5-13-53(14-6-1)57-21-29-81-65(37-57)73-45-93-77(49-89(73)98-81)69-41-61(25-33-85(69)102-93)97(62-26-34-86-70(42-62)78-50-90-74(46-94(78)103-86)66-38-58(22-30-82(66)99-90)54-15-7-2-8-16-54,63-27-35-87-71(43-63)79-51-91-75(47-95(79)104-87)67-39-59(23-31-83(67)100-91)55-17-9-3-10-18-55)64-28-36-88-72(44-64)80-52-92-76(48-96(80)105-88)68-40-60(24-32-84(68)101-92)56-19-11-4-12-20-56/h1-39,41-43,45-52,60,64H,40,44H2. The fourth-order valence-electron chi connectivity index (χ4n) is 18.2. The largest absolute Gasteiger partial charge is 0.456 e. The van der Waals surface area contributed by atoms with Gasteiger partial charge < -0.3 is 35.3 Å². The molecule has 8 heteroatoms. The summed E-state index contributed by atoms with van der Waals surface area (Å²) in [4.78, 5) is 0. The SMILES string of the molecule is C1=CC(c2ccccc2)Cc2c1oc1cc3c4c(oc3cc21)C=CC(C(c1ccc2oc3cc5c(cc3c2c1)oc1ccc(-c2ccccc2)cc15)(c1ccc2oc3cc5c(cc3c2c1)oc1ccc(-c2ccccc2)cc15)c1ccc2oc3cc5c(cc3c2c1)oc1ccc(-c2ccccc2)cc15)C4. The molecule has 14 aromatic carbocycles. The average molecular weight is 1350 g/mol. The lowest BCUT2D eigenvalue weighted by atomic mass is 9.59. The summed E-state index contributed by atoms with van der Waals surface area (Å²) in [7, 11) is 0. The third kappa shape index (κ3) is 8.39. The second-order valence-electron chi connectivity index (χ2n) is 28.8. The molecule has 0 N–H and O–H groups in total. The maximum absolute atomic E-state index is 7.08. The first-order valence-corrected chi connectivity index (χ1v) is 36.0. The minimum atomic E-state index is -0.984. The summed E-state index contributed by atoms with van der Waals surface area (Å²) in [5, 5.41) is 14.0. The molecule has 0 spiro atoms. The van der Waals surface area contributed by atoms with Crippen LogP contribution >= 0.6 is 0 Å². The third-order valence-electron chi connectivity index (χ3n) is 23.2. The number of benzene rings is 14. The fourth-order valence-corrected chi connectivity index (χ4v) is 18.2. The number of allylic oxidation sites excluding steroid dienone is 2. The Morgan fingerprint density at radius 2 is 0.505 bits per heavy atom. The van der Waals surface area contributed by atoms with Gasteiger partial charge in [-0.05, 0) is 208 Å². The van der Waals surface area contributed by atoms with Crippen molar-refractivity contribution in [2.24, 2.45) is 5.92 Å². The van der Waals surface area contributed by atoms with Gasteiger partial charge in [-0.3, -0.25) is 0 Å². The van der Waals surface area contributed by atoms with Gasteiger partial charge in [0.1, 0.15) is 89.7 Å². The van der Waals surface area contributed by atoms with Gasteiger partial charge in [0.25, 0.3) is 0 Å². The molecule has 492 valence electrons. The Balaban J connectivity index is 0.745. The molecule has 24 rings (SSSR count). The molecule has 0 fully saturated rings. The van der Waals surface area contributed by atoms with E-state index < -0.39 is 5.41 Å². The Bertz CT molecular complexity index is 6970. The van der Waals surface area contributed by atoms with Gasteiger partial charge in [0.2, 0.25) is 0 Å². The molecule has 22 aromatic rings. The summed E-state index contributed by atoms with van der Waals surface area (Å²) in [6.45, 7) is 0. The summed E-state index contributed by atoms with van der Waals surface area (Å²) >= 11 is 0. The lowest BCUT2D eigenvalue weighted by molar-refractivity contribution is 0.438. The molecular formula is C97H56O8. The Morgan fingerprint density at radius 1 is 0.219 bits per heavy atom. The highest BCUT2D eigenvalue weighted by molar-refractivity contribution is 6.19. The molecule has 2 aliphatic carbocycles. The van der Waals surface area contributed by atoms with E-state index in [2.05, 4.69) is 303 Å². The van der Waals surface area contributed by atoms with Gasteiger partial charge in [-0.25, -0.2) is 0 Å². The first-order valence-electron chi connectivity index (χ1n) is 36.0. The smallest absolute Gasteiger partial charge is 0.136 e. The number of hydrogen-bond acceptors (Lipinski definition) is 8. The zero-order valence-electron chi connectivity index (χ0n) is 56.2. The van der Waals surface area contributed by atoms with Gasteiger partial charge in [-0.1, -0.05) is 170 Å². The predicted molar refractivity (Wildman–Crippen MR) is 423 cm³/mol. The van der Waals surface area contributed by atoms with Crippen molar-refractivity contribution in [3.63, 3.8) is 0 Å². The highest BCUT2D eigenvalue weighted by atomic mass is 16.4. The quantitative estimate of drug-likeness (QED) is 0.139. The number of rotatable bonds is 8. The molecule has 0 radical (unpaired) electrons. The minimum absolute atomic E-state index is 0.231. The van der Waals surface area contributed by atoms with Crippen molar-refractivity contribution in [3.8, 4) is 33.4 Å². The van der Waals surface area contributed by atoms with Crippen LogP contribution in [-0.4, -0.2) is 0 Å². The number of furan rings is 8. The van der Waals surface area contributed by atoms with Gasteiger partial charge in [0.15, 0.2) is 0 Å². The zero-order valence-corrected chi connectivity index (χ0v) is 56.2. The second-order valence-corrected chi connectivity index (χ2v) is 28.8. The van der Waals surface area contributed by atoms with Gasteiger partial charge >= 0.3 is 0 Å². The molecule has 0 saturated carbocycles. The van der Waals surface area contributed by atoms with Gasteiger partial charge in [-0.15, -0.1) is 0 Å². The van der Waals surface area contributed by atoms with Crippen LogP contribution in [0.15, 0.2) is 327 Å². The highest BCUT2D eigenvalue weighted by Gasteiger charge is 2.46. The fraction of sp³-hybridized carbons (Fsp3) is 0.0515. The van der Waals surface area contributed by atoms with E-state index in [1.165, 1.54) is 11.1 Å². The summed E-state index contributed by atoms with van der Waals surface area (Å²) < 4.78 is 55.5. The molecule has 8 nitrogen and oxygen atoms in total. The van der Waals surface area contributed by atoms with Crippen molar-refractivity contribution in [1.82, 2.24) is 0 Å². The molecule has 8 aromatic heterocycles. The van der Waals surface area contributed by atoms with Crippen molar-refractivity contribution in [3.05, 3.63) is 336 Å². The van der Waals surface area contributed by atoms with E-state index in [1.54, 1.807) is 0 Å². The van der Waals surface area contributed by atoms with E-state index in [0.717, 1.165) is 227 Å². The van der Waals surface area contributed by atoms with Crippen LogP contribution in [0.25, 0.3) is 199 Å². The predicted octanol–water partition coefficient (Wildman–Crippen LogP) is 27.1. The van der Waals surface area contributed by atoms with Gasteiger partial charge in [0.05, 0.1) is 5.41 Å². The van der Waals surface area contributed by atoms with Crippen molar-refractivity contribution in [2.75, 3.05) is 0 Å². The normalized spacial score (nSPS) is 14.9. The van der Waals surface area contributed by atoms with Crippen LogP contribution in [0.5, 0.6) is 0 Å². The summed E-state index contributed by atoms with van der Waals surface area (Å²) in [6, 6.07) is 99.6. The molecular weight excluding hydrogens is 1290 g/mol. The Morgan fingerprint density at radius 3 is 0.867 bits per heavy atom. The lowest BCUT2D eigenvalue weighted by Crippen LogP contribution is -2.39. The molecule has 2 unspecified atom stereocenters. The highest BCUT2D eigenvalue weighted by Crippen LogP contribution is 2.55. The monoisotopic (exact) mass is 1350 g/mol. The number of fused-ring (bicyclic) bond motifs is 24. The first kappa shape index (κ1) is 57.1. The van der Waals surface area contributed by atoms with Crippen molar-refractivity contribution >= 4 is 166 Å². The summed E-state index contributed by atoms with van der Waals surface area (Å²) in [5.74, 6) is 1.71. The maximum atomic E-state index is 7.08. The van der Waals surface area contributed by atoms with E-state index in [9.17, 15) is 0 Å². The van der Waals surface area contributed by atoms with Crippen LogP contribution in [-0.2, 0) is 18.3 Å². The minimum Gasteiger partial charge on any atom is -0.456 e. The third-order valence-corrected chi connectivity index (χ3v) is 23.2. The number of hydrogen-bond donors (Lipinski definition) is 0. The molecule has 0 aliphatic heterocycles. The average Bonchev–Trinajstić information content (AvgIpc) is 1.68. The van der Waals surface area contributed by atoms with Crippen LogP contribution in [0.2, 0.25) is 0 Å². The Labute approximate surface area is 597 Å². The molecule has 8 heterocycles. The zero-order chi connectivity index (χ0) is 68.3. The van der Waals surface area contributed by atoms with Gasteiger partial charge in [0, 0.05) is 92.5 Å². The second kappa shape index (κ2) is 21.3. The van der Waals surface area contributed by atoms with Gasteiger partial charge in [-0.2, -0.15) is 0 Å². The molecule has 2 atom stereocenters. The van der Waals surface area contributed by atoms with E-state index in [-0.39, 0.29) is 11.8 Å². The molecule has 0 amide bonds. The lowest BCUT2D eigenvalue weighted by Gasteiger charge is -2.43. The van der Waals surface area contributed by atoms with Crippen LogP contribution < -0.4 is 0 Å². The molecule has 0 saturated heterocycles. The maximum Gasteiger partial charge on any atom is 0.136 e. The van der Waals surface area contributed by atoms with E-state index in [0.29, 0.717) is 6.42 Å². The topological polar surface area (TPSA) is 105 Å². The Kier molecular flexibility index (Phi) is 11.6. The first-order chi connectivity index (χ1) is 51.9. The van der Waals surface area contributed by atoms with Crippen LogP contribution in [0.3, 0.4) is 0 Å². The molecule has 2 aliphatic rings. The van der Waals surface area contributed by atoms with E-state index >= 15 is 0 Å². The van der Waals surface area contributed by atoms with Crippen molar-refractivity contribution < 1.29 is 35.3 Å². The summed E-state index contributed by atoms with van der Waals surface area (Å²) in [5.41, 5.74) is 23.7. The van der Waals surface area contributed by atoms with Crippen LogP contribution in [0.1, 0.15) is 50.8 Å². The van der Waals surface area contributed by atoms with E-state index in [4.69, 9.17) is 35.3 Å². The van der Waals surface area contributed by atoms with Crippen LogP contribution in [0, 0.1) is 5.92 Å².